The molecule has 124 valence electrons. The first-order chi connectivity index (χ1) is 10.1. The number of ketones is 1. The minimum Gasteiger partial charge on any atom is -0.379 e. The largest absolute Gasteiger partial charge is 0.379 e. The fourth-order valence-corrected chi connectivity index (χ4v) is 1.42. The second-order valence-corrected chi connectivity index (χ2v) is 4.59. The van der Waals surface area contributed by atoms with Crippen molar-refractivity contribution in [2.24, 2.45) is 5.92 Å². The van der Waals surface area contributed by atoms with Crippen LogP contribution in [0.2, 0.25) is 0 Å². The molecule has 0 saturated heterocycles. The van der Waals surface area contributed by atoms with E-state index in [0.29, 0.717) is 39.4 Å². The molecule has 7 nitrogen and oxygen atoms in total. The number of carbonyl (C=O) groups excluding carboxylic acids is 2. The first kappa shape index (κ1) is 20.0. The number of hydrogen-bond acceptors (Lipinski definition) is 6. The van der Waals surface area contributed by atoms with Gasteiger partial charge in [0, 0.05) is 25.9 Å². The Bertz CT molecular complexity index is 287. The number of carbonyl (C=O) groups is 2. The number of nitrogens with one attached hydrogen (secondary N) is 2. The minimum absolute atomic E-state index is 0.0240. The van der Waals surface area contributed by atoms with Gasteiger partial charge in [0.1, 0.15) is 12.4 Å². The maximum Gasteiger partial charge on any atom is 0.248 e. The quantitative estimate of drug-likeness (QED) is 0.354. The maximum absolute atomic E-state index is 11.5. The normalized spacial score (nSPS) is 12.1. The van der Waals surface area contributed by atoms with Crippen molar-refractivity contribution in [1.29, 1.82) is 0 Å². The summed E-state index contributed by atoms with van der Waals surface area (Å²) in [6.45, 7) is 6.08. The molecule has 1 atom stereocenters. The van der Waals surface area contributed by atoms with Gasteiger partial charge in [0.05, 0.1) is 26.4 Å². The Labute approximate surface area is 126 Å². The Hall–Kier alpha value is -1.02. The zero-order chi connectivity index (χ0) is 15.9. The molecule has 0 aromatic heterocycles. The fourth-order valence-electron chi connectivity index (χ4n) is 1.42. The SMILES string of the molecule is CCC(C)C(=O)CCOCCOCCNC(=O)CONC. The third-order valence-electron chi connectivity index (χ3n) is 2.94. The van der Waals surface area contributed by atoms with Crippen LogP contribution in [0, 0.1) is 5.92 Å². The summed E-state index contributed by atoms with van der Waals surface area (Å²) < 4.78 is 10.6. The summed E-state index contributed by atoms with van der Waals surface area (Å²) >= 11 is 0. The maximum atomic E-state index is 11.5. The molecule has 1 unspecified atom stereocenters. The molecule has 0 rings (SSSR count). The zero-order valence-electron chi connectivity index (χ0n) is 13.3. The third-order valence-corrected chi connectivity index (χ3v) is 2.94. The standard InChI is InChI=1S/C14H28N2O5/c1-4-12(2)13(17)5-7-19-9-10-20-8-6-16-14(18)11-21-15-3/h12,15H,4-11H2,1-3H3,(H,16,18). The van der Waals surface area contributed by atoms with Gasteiger partial charge >= 0.3 is 0 Å². The summed E-state index contributed by atoms with van der Waals surface area (Å²) in [7, 11) is 1.59. The summed E-state index contributed by atoms with van der Waals surface area (Å²) in [6.07, 6.45) is 1.32. The van der Waals surface area contributed by atoms with Crippen LogP contribution >= 0.6 is 0 Å². The predicted octanol–water partition coefficient (Wildman–Crippen LogP) is 0.292. The van der Waals surface area contributed by atoms with Crippen LogP contribution in [0.5, 0.6) is 0 Å². The monoisotopic (exact) mass is 304 g/mol. The van der Waals surface area contributed by atoms with Crippen LogP contribution in [0.15, 0.2) is 0 Å². The van der Waals surface area contributed by atoms with Crippen LogP contribution in [-0.2, 0) is 23.9 Å². The van der Waals surface area contributed by atoms with Crippen molar-refractivity contribution in [3.63, 3.8) is 0 Å². The smallest absolute Gasteiger partial charge is 0.248 e. The number of rotatable bonds is 14. The number of amides is 1. The molecule has 1 amide bonds. The molecule has 21 heavy (non-hydrogen) atoms. The molecule has 0 radical (unpaired) electrons. The van der Waals surface area contributed by atoms with Crippen LogP contribution in [0.1, 0.15) is 26.7 Å². The molecule has 7 heteroatoms. The van der Waals surface area contributed by atoms with Gasteiger partial charge in [0.25, 0.3) is 0 Å². The van der Waals surface area contributed by atoms with Crippen LogP contribution in [0.3, 0.4) is 0 Å². The minimum atomic E-state index is -0.201. The summed E-state index contributed by atoms with van der Waals surface area (Å²) in [6, 6.07) is 0. The van der Waals surface area contributed by atoms with E-state index in [1.54, 1.807) is 7.05 Å². The molecule has 0 bridgehead atoms. The molecule has 0 aliphatic carbocycles. The fraction of sp³-hybridized carbons (Fsp3) is 0.857. The van der Waals surface area contributed by atoms with E-state index in [0.717, 1.165) is 6.42 Å². The van der Waals surface area contributed by atoms with Gasteiger partial charge in [-0.15, -0.1) is 0 Å². The third kappa shape index (κ3) is 12.4. The highest BCUT2D eigenvalue weighted by Crippen LogP contribution is 2.04. The average molecular weight is 304 g/mol. The van der Waals surface area contributed by atoms with Gasteiger partial charge in [-0.05, 0) is 6.42 Å². The molecule has 0 spiro atoms. The van der Waals surface area contributed by atoms with Crippen molar-refractivity contribution in [3.8, 4) is 0 Å². The van der Waals surface area contributed by atoms with Crippen molar-refractivity contribution < 1.29 is 23.9 Å². The van der Waals surface area contributed by atoms with E-state index < -0.39 is 0 Å². The number of hydrogen-bond donors (Lipinski definition) is 2. The van der Waals surface area contributed by atoms with E-state index in [4.69, 9.17) is 14.3 Å². The van der Waals surface area contributed by atoms with Crippen molar-refractivity contribution >= 4 is 11.7 Å². The van der Waals surface area contributed by atoms with Gasteiger partial charge in [-0.2, -0.15) is 0 Å². The Balaban J connectivity index is 3.26. The first-order valence-electron chi connectivity index (χ1n) is 7.35. The van der Waals surface area contributed by atoms with Gasteiger partial charge < -0.3 is 14.8 Å². The van der Waals surface area contributed by atoms with Crippen LogP contribution in [0.25, 0.3) is 0 Å². The van der Waals surface area contributed by atoms with E-state index >= 15 is 0 Å². The molecule has 0 saturated carbocycles. The van der Waals surface area contributed by atoms with Crippen molar-refractivity contribution in [1.82, 2.24) is 10.8 Å². The Kier molecular flexibility index (Phi) is 13.3. The van der Waals surface area contributed by atoms with E-state index in [1.165, 1.54) is 0 Å². The zero-order valence-corrected chi connectivity index (χ0v) is 13.3. The van der Waals surface area contributed by atoms with E-state index in [-0.39, 0.29) is 24.2 Å². The van der Waals surface area contributed by atoms with E-state index in [2.05, 4.69) is 10.8 Å². The Morgan fingerprint density at radius 2 is 1.76 bits per heavy atom. The van der Waals surface area contributed by atoms with Crippen LogP contribution < -0.4 is 10.8 Å². The van der Waals surface area contributed by atoms with Crippen LogP contribution in [0.4, 0.5) is 0 Å². The lowest BCUT2D eigenvalue weighted by Crippen LogP contribution is -2.32. The molecular formula is C14H28N2O5. The number of ether oxygens (including phenoxy) is 2. The summed E-state index contributed by atoms with van der Waals surface area (Å²) in [5, 5.41) is 2.64. The Morgan fingerprint density at radius 1 is 1.10 bits per heavy atom. The van der Waals surface area contributed by atoms with E-state index in [1.807, 2.05) is 13.8 Å². The molecule has 0 aromatic carbocycles. The van der Waals surface area contributed by atoms with Gasteiger partial charge in [-0.3, -0.25) is 14.4 Å². The summed E-state index contributed by atoms with van der Waals surface area (Å²) in [5.41, 5.74) is 2.41. The van der Waals surface area contributed by atoms with Crippen LogP contribution in [-0.4, -0.2) is 58.3 Å². The summed E-state index contributed by atoms with van der Waals surface area (Å²) in [4.78, 5) is 27.4. The summed E-state index contributed by atoms with van der Waals surface area (Å²) in [5.74, 6) is 0.151. The first-order valence-corrected chi connectivity index (χ1v) is 7.35. The molecular weight excluding hydrogens is 276 g/mol. The van der Waals surface area contributed by atoms with Crippen molar-refractivity contribution in [2.75, 3.05) is 46.6 Å². The molecule has 2 N–H and O–H groups in total. The molecule has 0 fully saturated rings. The van der Waals surface area contributed by atoms with Gasteiger partial charge in [-0.25, -0.2) is 5.48 Å². The van der Waals surface area contributed by atoms with Crippen molar-refractivity contribution in [2.45, 2.75) is 26.7 Å². The lowest BCUT2D eigenvalue weighted by molar-refractivity contribution is -0.128. The highest BCUT2D eigenvalue weighted by Gasteiger charge is 2.09. The van der Waals surface area contributed by atoms with E-state index in [9.17, 15) is 9.59 Å². The highest BCUT2D eigenvalue weighted by atomic mass is 16.6. The molecule has 0 aliphatic rings. The Morgan fingerprint density at radius 3 is 2.38 bits per heavy atom. The predicted molar refractivity (Wildman–Crippen MR) is 78.7 cm³/mol. The van der Waals surface area contributed by atoms with Crippen molar-refractivity contribution in [3.05, 3.63) is 0 Å². The lowest BCUT2D eigenvalue weighted by Gasteiger charge is -2.09. The number of Topliss-reactive ketones (excluding diaryl/α,β-unsaturated/α-hetero) is 1. The molecule has 0 heterocycles. The highest BCUT2D eigenvalue weighted by molar-refractivity contribution is 5.80. The topological polar surface area (TPSA) is 85.9 Å². The van der Waals surface area contributed by atoms with Gasteiger partial charge in [0.15, 0.2) is 0 Å². The average Bonchev–Trinajstić information content (AvgIpc) is 2.50. The second-order valence-electron chi connectivity index (χ2n) is 4.59. The second kappa shape index (κ2) is 13.9. The molecule has 0 aliphatic heterocycles. The molecule has 0 aromatic rings. The van der Waals surface area contributed by atoms with Gasteiger partial charge in [0.2, 0.25) is 5.91 Å². The number of hydroxylamine groups is 1. The van der Waals surface area contributed by atoms with Gasteiger partial charge in [-0.1, -0.05) is 13.8 Å². The lowest BCUT2D eigenvalue weighted by atomic mass is 10.0.